The van der Waals surface area contributed by atoms with E-state index in [1.165, 1.54) is 231 Å². The lowest BCUT2D eigenvalue weighted by atomic mass is 10.0. The summed E-state index contributed by atoms with van der Waals surface area (Å²) in [6.45, 7) is 4.70. The summed E-state index contributed by atoms with van der Waals surface area (Å²) in [4.78, 5) is 25.5. The number of phosphoric ester groups is 1. The van der Waals surface area contributed by atoms with Crippen LogP contribution in [0, 0.1) is 0 Å². The Labute approximate surface area is 405 Å². The SMILES string of the molecule is CCCCCCCCCCCCCCCCCCCCCCC/C=C/C(O)C(COP(=O)([O-])OCC[N+](C)(C)C)NC(=O)CCCCCCCCCCCCCCCCCCCCCC. The smallest absolute Gasteiger partial charge is 0.268 e. The maximum atomic E-state index is 13.0. The van der Waals surface area contributed by atoms with Crippen LogP contribution in [0.15, 0.2) is 12.2 Å². The number of likely N-dealkylation sites (N-methyl/N-ethyl adjacent to an activating group) is 1. The first-order valence-corrected chi connectivity index (χ1v) is 30.0. The van der Waals surface area contributed by atoms with Crippen LogP contribution in [-0.2, 0) is 18.4 Å². The van der Waals surface area contributed by atoms with Crippen LogP contribution in [-0.4, -0.2) is 68.5 Å². The molecule has 0 aliphatic rings. The normalized spacial score (nSPS) is 14.0. The first-order chi connectivity index (χ1) is 31.5. The van der Waals surface area contributed by atoms with Crippen LogP contribution < -0.4 is 10.2 Å². The number of carbonyl (C=O) groups is 1. The van der Waals surface area contributed by atoms with Gasteiger partial charge in [-0.25, -0.2) is 0 Å². The molecule has 388 valence electrons. The highest BCUT2D eigenvalue weighted by molar-refractivity contribution is 7.45. The fraction of sp³-hybridized carbons (Fsp3) is 0.946. The van der Waals surface area contributed by atoms with E-state index in [2.05, 4.69) is 19.2 Å². The van der Waals surface area contributed by atoms with E-state index in [-0.39, 0.29) is 19.1 Å². The fourth-order valence-corrected chi connectivity index (χ4v) is 9.47. The van der Waals surface area contributed by atoms with Gasteiger partial charge in [0.1, 0.15) is 13.2 Å². The molecule has 3 atom stereocenters. The number of allylic oxidation sites excluding steroid dienone is 1. The van der Waals surface area contributed by atoms with Crippen molar-refractivity contribution >= 4 is 13.7 Å². The predicted octanol–water partition coefficient (Wildman–Crippen LogP) is 16.4. The van der Waals surface area contributed by atoms with Gasteiger partial charge in [-0.2, -0.15) is 0 Å². The molecule has 0 aromatic rings. The molecule has 0 aliphatic heterocycles. The molecule has 0 aromatic heterocycles. The molecule has 0 radical (unpaired) electrons. The van der Waals surface area contributed by atoms with Crippen molar-refractivity contribution < 1.29 is 32.9 Å². The summed E-state index contributed by atoms with van der Waals surface area (Å²) >= 11 is 0. The number of nitrogens with one attached hydrogen (secondary N) is 1. The van der Waals surface area contributed by atoms with Gasteiger partial charge >= 0.3 is 0 Å². The molecule has 0 spiro atoms. The molecule has 0 fully saturated rings. The highest BCUT2D eigenvalue weighted by atomic mass is 31.2. The van der Waals surface area contributed by atoms with Crippen molar-refractivity contribution in [2.45, 2.75) is 302 Å². The Kier molecular flexibility index (Phi) is 47.7. The number of rotatable bonds is 53. The topological polar surface area (TPSA) is 108 Å². The number of aliphatic hydroxyl groups is 1. The molecular weight excluding hydrogens is 828 g/mol. The van der Waals surface area contributed by atoms with Crippen molar-refractivity contribution in [1.29, 1.82) is 0 Å². The van der Waals surface area contributed by atoms with E-state index in [1.807, 2.05) is 27.2 Å². The zero-order chi connectivity index (χ0) is 47.8. The molecule has 2 N–H and O–H groups in total. The maximum absolute atomic E-state index is 13.0. The van der Waals surface area contributed by atoms with E-state index in [0.717, 1.165) is 38.5 Å². The second kappa shape index (κ2) is 48.3. The van der Waals surface area contributed by atoms with Crippen molar-refractivity contribution in [3.05, 3.63) is 12.2 Å². The van der Waals surface area contributed by atoms with Crippen molar-refractivity contribution in [3.8, 4) is 0 Å². The van der Waals surface area contributed by atoms with Crippen LogP contribution in [0.1, 0.15) is 290 Å². The first kappa shape index (κ1) is 64.2. The van der Waals surface area contributed by atoms with Gasteiger partial charge < -0.3 is 28.8 Å². The summed E-state index contributed by atoms with van der Waals surface area (Å²) in [5.41, 5.74) is 0. The summed E-state index contributed by atoms with van der Waals surface area (Å²) < 4.78 is 23.4. The predicted molar refractivity (Wildman–Crippen MR) is 279 cm³/mol. The van der Waals surface area contributed by atoms with E-state index < -0.39 is 20.0 Å². The summed E-state index contributed by atoms with van der Waals surface area (Å²) in [6.07, 6.45) is 58.5. The Balaban J connectivity index is 4.20. The molecule has 0 heterocycles. The van der Waals surface area contributed by atoms with E-state index in [1.54, 1.807) is 6.08 Å². The summed E-state index contributed by atoms with van der Waals surface area (Å²) in [5, 5.41) is 13.9. The Bertz CT molecular complexity index is 1070. The van der Waals surface area contributed by atoms with Crippen LogP contribution in [0.25, 0.3) is 0 Å². The third kappa shape index (κ3) is 50.9. The van der Waals surface area contributed by atoms with Crippen molar-refractivity contribution in [2.24, 2.45) is 0 Å². The minimum Gasteiger partial charge on any atom is -0.756 e. The number of hydrogen-bond acceptors (Lipinski definition) is 6. The molecule has 65 heavy (non-hydrogen) atoms. The number of carbonyl (C=O) groups excluding carboxylic acids is 1. The van der Waals surface area contributed by atoms with Gasteiger partial charge in [0.05, 0.1) is 39.9 Å². The molecule has 0 rings (SSSR count). The van der Waals surface area contributed by atoms with Gasteiger partial charge in [-0.3, -0.25) is 9.36 Å². The minimum atomic E-state index is -4.59. The summed E-state index contributed by atoms with van der Waals surface area (Å²) in [6, 6.07) is -0.882. The minimum absolute atomic E-state index is 0.00269. The van der Waals surface area contributed by atoms with Gasteiger partial charge in [-0.1, -0.05) is 276 Å². The van der Waals surface area contributed by atoms with Crippen molar-refractivity contribution in [2.75, 3.05) is 40.9 Å². The molecule has 8 nitrogen and oxygen atoms in total. The van der Waals surface area contributed by atoms with Gasteiger partial charge in [-0.15, -0.1) is 0 Å². The van der Waals surface area contributed by atoms with Crippen molar-refractivity contribution in [3.63, 3.8) is 0 Å². The Morgan fingerprint density at radius 1 is 0.523 bits per heavy atom. The summed E-state index contributed by atoms with van der Waals surface area (Å²) in [5.74, 6) is -0.190. The molecule has 9 heteroatoms. The number of hydrogen-bond donors (Lipinski definition) is 2. The van der Waals surface area contributed by atoms with Gasteiger partial charge in [0.15, 0.2) is 0 Å². The summed E-state index contributed by atoms with van der Waals surface area (Å²) in [7, 11) is 1.28. The van der Waals surface area contributed by atoms with E-state index in [9.17, 15) is 19.4 Å². The lowest BCUT2D eigenvalue weighted by molar-refractivity contribution is -0.870. The van der Waals surface area contributed by atoms with E-state index in [0.29, 0.717) is 17.4 Å². The number of unbranched alkanes of at least 4 members (excludes halogenated alkanes) is 40. The Morgan fingerprint density at radius 3 is 1.15 bits per heavy atom. The van der Waals surface area contributed by atoms with E-state index in [4.69, 9.17) is 9.05 Å². The Morgan fingerprint density at radius 2 is 0.831 bits per heavy atom. The average Bonchev–Trinajstić information content (AvgIpc) is 3.26. The van der Waals surface area contributed by atoms with Crippen LogP contribution in [0.5, 0.6) is 0 Å². The quantitative estimate of drug-likeness (QED) is 0.0272. The van der Waals surface area contributed by atoms with Gasteiger partial charge in [0.25, 0.3) is 7.82 Å². The van der Waals surface area contributed by atoms with Gasteiger partial charge in [0, 0.05) is 6.42 Å². The van der Waals surface area contributed by atoms with Crippen LogP contribution >= 0.6 is 7.82 Å². The second-order valence-corrected chi connectivity index (χ2v) is 22.4. The molecule has 0 aliphatic carbocycles. The number of nitrogens with zero attached hydrogens (tertiary/aromatic N) is 1. The highest BCUT2D eigenvalue weighted by Crippen LogP contribution is 2.38. The molecular formula is C56H113N2O6P. The van der Waals surface area contributed by atoms with E-state index >= 15 is 0 Å². The van der Waals surface area contributed by atoms with Gasteiger partial charge in [0.2, 0.25) is 5.91 Å². The lowest BCUT2D eigenvalue weighted by Crippen LogP contribution is -2.45. The fourth-order valence-electron chi connectivity index (χ4n) is 8.74. The van der Waals surface area contributed by atoms with Crippen LogP contribution in [0.4, 0.5) is 0 Å². The van der Waals surface area contributed by atoms with Gasteiger partial charge in [-0.05, 0) is 19.3 Å². The number of phosphoric acid groups is 1. The number of aliphatic hydroxyl groups excluding tert-OH is 1. The zero-order valence-electron chi connectivity index (χ0n) is 44.2. The molecule has 1 amide bonds. The third-order valence-corrected chi connectivity index (χ3v) is 14.2. The maximum Gasteiger partial charge on any atom is 0.268 e. The standard InChI is InChI=1S/C56H113N2O6P/c1-6-8-10-12-14-16-18-20-22-24-26-28-29-30-31-33-35-37-39-41-43-45-47-49-55(59)54(53-64-65(61,62)63-52-51-58(3,4)5)57-56(60)50-48-46-44-42-40-38-36-34-32-27-25-23-21-19-17-15-13-11-9-7-2/h47,49,54-55,59H,6-46,48,50-53H2,1-5H3,(H-,57,60,61,62)/b49-47+. The highest BCUT2D eigenvalue weighted by Gasteiger charge is 2.23. The number of amides is 1. The van der Waals surface area contributed by atoms with Crippen LogP contribution in [0.2, 0.25) is 0 Å². The lowest BCUT2D eigenvalue weighted by Gasteiger charge is -2.29. The molecule has 0 saturated heterocycles. The molecule has 0 aromatic carbocycles. The average molecular weight is 942 g/mol. The molecule has 3 unspecified atom stereocenters. The largest absolute Gasteiger partial charge is 0.756 e. The molecule has 0 bridgehead atoms. The third-order valence-electron chi connectivity index (χ3n) is 13.2. The zero-order valence-corrected chi connectivity index (χ0v) is 45.1. The monoisotopic (exact) mass is 941 g/mol. The Hall–Kier alpha value is -0.760. The number of quaternary nitrogens is 1. The van der Waals surface area contributed by atoms with Crippen molar-refractivity contribution in [1.82, 2.24) is 5.32 Å². The first-order valence-electron chi connectivity index (χ1n) is 28.6. The van der Waals surface area contributed by atoms with Crippen LogP contribution in [0.3, 0.4) is 0 Å². The second-order valence-electron chi connectivity index (χ2n) is 21.0. The molecule has 0 saturated carbocycles.